The molecule has 0 amide bonds. The summed E-state index contributed by atoms with van der Waals surface area (Å²) in [7, 11) is 0. The average Bonchev–Trinajstić information content (AvgIpc) is 2.95. The van der Waals surface area contributed by atoms with Crippen molar-refractivity contribution in [1.29, 1.82) is 0 Å². The van der Waals surface area contributed by atoms with Crippen molar-refractivity contribution in [1.82, 2.24) is 9.97 Å². The fourth-order valence-corrected chi connectivity index (χ4v) is 5.18. The molecule has 42 heavy (non-hydrogen) atoms. The van der Waals surface area contributed by atoms with Gasteiger partial charge in [-0.15, -0.1) is 0 Å². The van der Waals surface area contributed by atoms with Crippen LogP contribution in [-0.2, 0) is 24.1 Å². The van der Waals surface area contributed by atoms with Gasteiger partial charge in [-0.25, -0.2) is 0 Å². The van der Waals surface area contributed by atoms with E-state index in [9.17, 15) is 9.90 Å². The number of carbonyl (C=O) groups is 1. The smallest absolute Gasteiger partial charge is 0.307 e. The van der Waals surface area contributed by atoms with E-state index in [4.69, 9.17) is 19.8 Å². The van der Waals surface area contributed by atoms with E-state index in [1.807, 2.05) is 75.5 Å². The minimum absolute atomic E-state index is 0.0672. The normalized spacial score (nSPS) is 12.1. The van der Waals surface area contributed by atoms with E-state index in [0.29, 0.717) is 6.61 Å². The lowest BCUT2D eigenvalue weighted by molar-refractivity contribution is -0.136. The highest BCUT2D eigenvalue weighted by Gasteiger charge is 2.22. The number of benzene rings is 3. The third kappa shape index (κ3) is 7.12. The molecule has 3 heterocycles. The van der Waals surface area contributed by atoms with Crippen LogP contribution < -0.4 is 4.74 Å². The van der Waals surface area contributed by atoms with Crippen molar-refractivity contribution in [2.45, 2.75) is 66.4 Å². The maximum absolute atomic E-state index is 11.9. The molecular formula is C36H40N2O4. The lowest BCUT2D eigenvalue weighted by atomic mass is 9.87. The Morgan fingerprint density at radius 2 is 1.71 bits per heavy atom. The number of ether oxygens (including phenoxy) is 1. The highest BCUT2D eigenvalue weighted by Crippen LogP contribution is 2.42. The van der Waals surface area contributed by atoms with Crippen LogP contribution in [0.25, 0.3) is 32.9 Å². The quantitative estimate of drug-likeness (QED) is 0.227. The summed E-state index contributed by atoms with van der Waals surface area (Å²) in [6, 6.07) is 22.4. The van der Waals surface area contributed by atoms with Gasteiger partial charge in [-0.1, -0.05) is 50.2 Å². The van der Waals surface area contributed by atoms with Crippen molar-refractivity contribution in [3.05, 3.63) is 101 Å². The molecule has 2 aromatic heterocycles. The molecule has 6 nitrogen and oxygen atoms in total. The number of aromatic nitrogens is 2. The van der Waals surface area contributed by atoms with Crippen LogP contribution in [0.4, 0.5) is 0 Å². The number of fused-ring (bicyclic) bond motifs is 1. The van der Waals surface area contributed by atoms with Crippen LogP contribution in [0.3, 0.4) is 0 Å². The first kappa shape index (κ1) is 30.7. The summed E-state index contributed by atoms with van der Waals surface area (Å²) in [6.07, 6.45) is 3.34. The van der Waals surface area contributed by atoms with Crippen LogP contribution in [0.15, 0.2) is 72.9 Å². The highest BCUT2D eigenvalue weighted by atomic mass is 16.5. The Hall–Kier alpha value is -4.29. The van der Waals surface area contributed by atoms with Crippen molar-refractivity contribution in [2.24, 2.45) is 0 Å². The number of hydrogen-bond acceptors (Lipinski definition) is 5. The molecule has 0 spiro atoms. The van der Waals surface area contributed by atoms with Gasteiger partial charge < -0.3 is 14.9 Å². The van der Waals surface area contributed by atoms with Gasteiger partial charge in [-0.2, -0.15) is 0 Å². The summed E-state index contributed by atoms with van der Waals surface area (Å²) in [4.78, 5) is 21.6. The molecular weight excluding hydrogens is 524 g/mol. The van der Waals surface area contributed by atoms with Crippen molar-refractivity contribution in [2.75, 3.05) is 6.61 Å². The largest absolute Gasteiger partial charge is 0.493 e. The third-order valence-corrected chi connectivity index (χ3v) is 6.78. The van der Waals surface area contributed by atoms with Gasteiger partial charge in [0.15, 0.2) is 0 Å². The van der Waals surface area contributed by atoms with E-state index in [-0.39, 0.29) is 6.42 Å². The summed E-state index contributed by atoms with van der Waals surface area (Å²) < 4.78 is 5.92. The molecule has 0 fully saturated rings. The van der Waals surface area contributed by atoms with Gasteiger partial charge >= 0.3 is 5.97 Å². The highest BCUT2D eigenvalue weighted by molar-refractivity contribution is 6.07. The fraction of sp³-hybridized carbons (Fsp3) is 0.306. The van der Waals surface area contributed by atoms with E-state index in [1.54, 1.807) is 20.8 Å². The van der Waals surface area contributed by atoms with Gasteiger partial charge in [-0.05, 0) is 85.8 Å². The first-order valence-corrected chi connectivity index (χ1v) is 14.5. The van der Waals surface area contributed by atoms with Gasteiger partial charge in [0.2, 0.25) is 0 Å². The molecule has 0 saturated carbocycles. The van der Waals surface area contributed by atoms with E-state index in [1.165, 1.54) is 11.1 Å². The van der Waals surface area contributed by atoms with E-state index in [2.05, 4.69) is 18.2 Å². The first-order chi connectivity index (χ1) is 20.1. The monoisotopic (exact) mass is 564 g/mol. The third-order valence-electron chi connectivity index (χ3n) is 6.78. The molecule has 0 unspecified atom stereocenters. The van der Waals surface area contributed by atoms with Crippen LogP contribution in [0.2, 0.25) is 0 Å². The number of aryl methyl sites for hydroxylation is 1. The zero-order valence-corrected chi connectivity index (χ0v) is 25.4. The standard InChI is InChI=1S/C30H24N2O3.C4H10O.C2H6/c1-18-15-25-22(8-7-21(32-25)16-19-5-3-2-4-6-19)29(24(18)17-27(33)34)23-9-10-26-28-20(12-14-35-26)11-13-31-30(23)28;1-4(2,3)5;1-2/h2-11,13,15H,12,14,16-17H2,1H3,(H,33,34);5H,1-3H3;1-2H3. The minimum atomic E-state index is -0.860. The first-order valence-electron chi connectivity index (χ1n) is 14.5. The van der Waals surface area contributed by atoms with Gasteiger partial charge in [0.25, 0.3) is 0 Å². The van der Waals surface area contributed by atoms with Crippen LogP contribution in [0.5, 0.6) is 5.75 Å². The van der Waals surface area contributed by atoms with E-state index < -0.39 is 11.6 Å². The molecule has 0 radical (unpaired) electrons. The molecule has 2 N–H and O–H groups in total. The molecule has 0 atom stereocenters. The molecule has 0 bridgehead atoms. The Morgan fingerprint density at radius 1 is 1.00 bits per heavy atom. The molecule has 1 aliphatic rings. The average molecular weight is 565 g/mol. The van der Waals surface area contributed by atoms with Gasteiger partial charge in [-0.3, -0.25) is 14.8 Å². The molecule has 6 heteroatoms. The van der Waals surface area contributed by atoms with Crippen LogP contribution >= 0.6 is 0 Å². The second-order valence-corrected chi connectivity index (χ2v) is 11.2. The van der Waals surface area contributed by atoms with Crippen molar-refractivity contribution < 1.29 is 19.7 Å². The fourth-order valence-electron chi connectivity index (χ4n) is 5.18. The van der Waals surface area contributed by atoms with Crippen molar-refractivity contribution in [3.63, 3.8) is 0 Å². The van der Waals surface area contributed by atoms with E-state index >= 15 is 0 Å². The molecule has 0 saturated heterocycles. The molecule has 3 aromatic carbocycles. The number of aliphatic hydroxyl groups is 1. The molecule has 1 aliphatic heterocycles. The Balaban J connectivity index is 0.000000526. The minimum Gasteiger partial charge on any atom is -0.493 e. The summed E-state index contributed by atoms with van der Waals surface area (Å²) in [5, 5.41) is 20.2. The number of carboxylic acids is 1. The number of pyridine rings is 2. The molecule has 6 rings (SSSR count). The Labute approximate surface area is 248 Å². The molecule has 0 aliphatic carbocycles. The molecule has 5 aromatic rings. The predicted octanol–water partition coefficient (Wildman–Crippen LogP) is 7.71. The summed E-state index contributed by atoms with van der Waals surface area (Å²) in [5.41, 5.74) is 8.09. The van der Waals surface area contributed by atoms with Crippen LogP contribution in [-0.4, -0.2) is 38.4 Å². The van der Waals surface area contributed by atoms with Crippen molar-refractivity contribution >= 4 is 27.8 Å². The van der Waals surface area contributed by atoms with Crippen LogP contribution in [0, 0.1) is 6.92 Å². The van der Waals surface area contributed by atoms with Crippen molar-refractivity contribution in [3.8, 4) is 16.9 Å². The number of carboxylic acid groups (broad SMARTS) is 1. The zero-order valence-electron chi connectivity index (χ0n) is 25.4. The summed E-state index contributed by atoms with van der Waals surface area (Å²) in [5.74, 6) is -0.0282. The predicted molar refractivity (Wildman–Crippen MR) is 170 cm³/mol. The SMILES string of the molecule is CC.CC(C)(C)O.Cc1cc2nc(Cc3ccccc3)ccc2c(-c2ccc3c4c(ccnc24)CCO3)c1CC(=O)O. The zero-order chi connectivity index (χ0) is 30.4. The van der Waals surface area contributed by atoms with E-state index in [0.717, 1.165) is 68.3 Å². The number of nitrogens with zero attached hydrogens (tertiary/aromatic N) is 2. The maximum atomic E-state index is 11.9. The van der Waals surface area contributed by atoms with Gasteiger partial charge in [0.1, 0.15) is 5.75 Å². The molecule has 218 valence electrons. The number of hydrogen-bond donors (Lipinski definition) is 2. The second kappa shape index (κ2) is 13.1. The van der Waals surface area contributed by atoms with Gasteiger partial charge in [0.05, 0.1) is 29.7 Å². The lowest BCUT2D eigenvalue weighted by Gasteiger charge is -2.21. The lowest BCUT2D eigenvalue weighted by Crippen LogP contribution is -2.10. The Kier molecular flexibility index (Phi) is 9.59. The maximum Gasteiger partial charge on any atom is 0.307 e. The summed E-state index contributed by atoms with van der Waals surface area (Å²) >= 11 is 0. The number of aliphatic carboxylic acids is 1. The topological polar surface area (TPSA) is 92.5 Å². The Morgan fingerprint density at radius 3 is 2.40 bits per heavy atom. The second-order valence-electron chi connectivity index (χ2n) is 11.2. The number of rotatable bonds is 5. The van der Waals surface area contributed by atoms with Gasteiger partial charge in [0, 0.05) is 41.1 Å². The Bertz CT molecular complexity index is 1690. The van der Waals surface area contributed by atoms with Crippen LogP contribution in [0.1, 0.15) is 62.6 Å². The summed E-state index contributed by atoms with van der Waals surface area (Å²) in [6.45, 7) is 11.8.